The number of nitrogens with one attached hydrogen (secondary N) is 1. The molecule has 76 valence electrons. The van der Waals surface area contributed by atoms with E-state index in [0.717, 1.165) is 0 Å². The third-order valence-electron chi connectivity index (χ3n) is 1.62. The quantitative estimate of drug-likeness (QED) is 0.670. The van der Waals surface area contributed by atoms with Crippen molar-refractivity contribution in [3.05, 3.63) is 32.8 Å². The summed E-state index contributed by atoms with van der Waals surface area (Å²) >= 11 is 3.28. The lowest BCUT2D eigenvalue weighted by Crippen LogP contribution is -2.11. The predicted octanol–water partition coefficient (Wildman–Crippen LogP) is 3.18. The van der Waals surface area contributed by atoms with Crippen LogP contribution in [0, 0.1) is 10.1 Å². The third-order valence-corrected chi connectivity index (χ3v) is 2.28. The number of anilines is 1. The summed E-state index contributed by atoms with van der Waals surface area (Å²) in [6.07, 6.45) is 0. The molecule has 5 heteroatoms. The zero-order chi connectivity index (χ0) is 10.7. The Balaban J connectivity index is 3.15. The third kappa shape index (κ3) is 2.45. The second kappa shape index (κ2) is 4.41. The van der Waals surface area contributed by atoms with Gasteiger partial charge in [0.1, 0.15) is 5.69 Å². The van der Waals surface area contributed by atoms with Crippen LogP contribution in [-0.4, -0.2) is 11.0 Å². The van der Waals surface area contributed by atoms with Crippen molar-refractivity contribution in [2.24, 2.45) is 0 Å². The average molecular weight is 259 g/mol. The molecule has 1 rings (SSSR count). The lowest BCUT2D eigenvalue weighted by atomic mass is 10.2. The maximum absolute atomic E-state index is 10.7. The molecule has 0 fully saturated rings. The summed E-state index contributed by atoms with van der Waals surface area (Å²) in [5.41, 5.74) is 0.626. The van der Waals surface area contributed by atoms with Crippen LogP contribution in [0.1, 0.15) is 13.8 Å². The van der Waals surface area contributed by atoms with Crippen molar-refractivity contribution in [1.82, 2.24) is 0 Å². The Morgan fingerprint density at radius 1 is 1.50 bits per heavy atom. The molecule has 0 atom stereocenters. The van der Waals surface area contributed by atoms with Crippen molar-refractivity contribution in [1.29, 1.82) is 0 Å². The molecule has 0 aliphatic heterocycles. The Hall–Kier alpha value is -1.10. The van der Waals surface area contributed by atoms with Crippen LogP contribution in [0.5, 0.6) is 0 Å². The molecule has 1 aromatic rings. The molecule has 0 unspecified atom stereocenters. The molecular weight excluding hydrogens is 248 g/mol. The van der Waals surface area contributed by atoms with Gasteiger partial charge in [-0.25, -0.2) is 0 Å². The number of hydrogen-bond donors (Lipinski definition) is 1. The molecular formula is C9H11BrN2O2. The van der Waals surface area contributed by atoms with Crippen LogP contribution in [-0.2, 0) is 0 Å². The van der Waals surface area contributed by atoms with E-state index in [4.69, 9.17) is 0 Å². The Morgan fingerprint density at radius 2 is 2.14 bits per heavy atom. The highest BCUT2D eigenvalue weighted by molar-refractivity contribution is 9.10. The van der Waals surface area contributed by atoms with Gasteiger partial charge in [0, 0.05) is 16.6 Å². The summed E-state index contributed by atoms with van der Waals surface area (Å²) in [4.78, 5) is 10.3. The molecule has 0 saturated carbocycles. The van der Waals surface area contributed by atoms with Gasteiger partial charge >= 0.3 is 0 Å². The zero-order valence-electron chi connectivity index (χ0n) is 7.95. The molecule has 4 nitrogen and oxygen atoms in total. The van der Waals surface area contributed by atoms with Gasteiger partial charge in [-0.1, -0.05) is 6.07 Å². The minimum Gasteiger partial charge on any atom is -0.376 e. The van der Waals surface area contributed by atoms with Gasteiger partial charge in [0.05, 0.1) is 4.92 Å². The first-order chi connectivity index (χ1) is 6.52. The van der Waals surface area contributed by atoms with Crippen LogP contribution >= 0.6 is 15.9 Å². The van der Waals surface area contributed by atoms with E-state index < -0.39 is 4.92 Å². The molecule has 0 spiro atoms. The molecule has 0 bridgehead atoms. The minimum absolute atomic E-state index is 0.0908. The van der Waals surface area contributed by atoms with Gasteiger partial charge < -0.3 is 5.32 Å². The zero-order valence-corrected chi connectivity index (χ0v) is 9.54. The van der Waals surface area contributed by atoms with Gasteiger partial charge in [-0.2, -0.15) is 0 Å². The number of halogens is 1. The molecule has 0 heterocycles. The number of rotatable bonds is 3. The van der Waals surface area contributed by atoms with E-state index >= 15 is 0 Å². The molecule has 0 aromatic heterocycles. The number of nitro groups is 1. The Kier molecular flexibility index (Phi) is 3.46. The Labute approximate surface area is 90.6 Å². The Bertz CT molecular complexity index is 353. The van der Waals surface area contributed by atoms with Crippen molar-refractivity contribution in [2.45, 2.75) is 19.9 Å². The number of para-hydroxylation sites is 1. The molecule has 0 radical (unpaired) electrons. The van der Waals surface area contributed by atoms with Crippen molar-refractivity contribution in [2.75, 3.05) is 5.32 Å². The summed E-state index contributed by atoms with van der Waals surface area (Å²) in [6.45, 7) is 3.87. The maximum atomic E-state index is 10.7. The van der Waals surface area contributed by atoms with Gasteiger partial charge in [0.15, 0.2) is 0 Å². The molecule has 1 N–H and O–H groups in total. The van der Waals surface area contributed by atoms with E-state index in [1.54, 1.807) is 12.1 Å². The lowest BCUT2D eigenvalue weighted by molar-refractivity contribution is -0.384. The summed E-state index contributed by atoms with van der Waals surface area (Å²) < 4.78 is 0.709. The number of nitro benzene ring substituents is 1. The van der Waals surface area contributed by atoms with Crippen LogP contribution < -0.4 is 5.32 Å². The normalized spacial score (nSPS) is 10.3. The molecule has 14 heavy (non-hydrogen) atoms. The summed E-state index contributed by atoms with van der Waals surface area (Å²) in [5.74, 6) is 0. The van der Waals surface area contributed by atoms with E-state index in [-0.39, 0.29) is 11.7 Å². The maximum Gasteiger partial charge on any atom is 0.293 e. The first-order valence-corrected chi connectivity index (χ1v) is 5.01. The standard InChI is InChI=1S/C9H11BrN2O2/c1-6(2)11-9-7(10)4-3-5-8(9)12(13)14/h3-6,11H,1-2H3. The Morgan fingerprint density at radius 3 is 2.64 bits per heavy atom. The molecule has 1 aromatic carbocycles. The highest BCUT2D eigenvalue weighted by Crippen LogP contribution is 2.32. The second-order valence-corrected chi connectivity index (χ2v) is 4.04. The fourth-order valence-corrected chi connectivity index (χ4v) is 1.57. The number of hydrogen-bond acceptors (Lipinski definition) is 3. The summed E-state index contributed by atoms with van der Waals surface area (Å²) in [7, 11) is 0. The molecule has 0 saturated heterocycles. The highest BCUT2D eigenvalue weighted by atomic mass is 79.9. The average Bonchev–Trinajstić information content (AvgIpc) is 2.07. The summed E-state index contributed by atoms with van der Waals surface area (Å²) in [6, 6.07) is 5.06. The fraction of sp³-hybridized carbons (Fsp3) is 0.333. The second-order valence-electron chi connectivity index (χ2n) is 3.19. The van der Waals surface area contributed by atoms with Crippen molar-refractivity contribution in [3.8, 4) is 0 Å². The summed E-state index contributed by atoms with van der Waals surface area (Å²) in [5, 5.41) is 13.7. The van der Waals surface area contributed by atoms with E-state index in [1.165, 1.54) is 6.07 Å². The van der Waals surface area contributed by atoms with Gasteiger partial charge in [-0.15, -0.1) is 0 Å². The van der Waals surface area contributed by atoms with Gasteiger partial charge in [0.25, 0.3) is 5.69 Å². The topological polar surface area (TPSA) is 55.2 Å². The van der Waals surface area contributed by atoms with Crippen molar-refractivity contribution < 1.29 is 4.92 Å². The van der Waals surface area contributed by atoms with E-state index in [1.807, 2.05) is 13.8 Å². The van der Waals surface area contributed by atoms with E-state index in [9.17, 15) is 10.1 Å². The van der Waals surface area contributed by atoms with Gasteiger partial charge in [-0.3, -0.25) is 10.1 Å². The first kappa shape index (κ1) is 11.0. The van der Waals surface area contributed by atoms with E-state index in [0.29, 0.717) is 10.2 Å². The molecule has 0 amide bonds. The van der Waals surface area contributed by atoms with Crippen LogP contribution in [0.4, 0.5) is 11.4 Å². The first-order valence-electron chi connectivity index (χ1n) is 4.22. The van der Waals surface area contributed by atoms with Gasteiger partial charge in [0.2, 0.25) is 0 Å². The smallest absolute Gasteiger partial charge is 0.293 e. The highest BCUT2D eigenvalue weighted by Gasteiger charge is 2.16. The molecule has 0 aliphatic rings. The lowest BCUT2D eigenvalue weighted by Gasteiger charge is -2.11. The monoisotopic (exact) mass is 258 g/mol. The SMILES string of the molecule is CC(C)Nc1c(Br)cccc1[N+](=O)[O-]. The molecule has 0 aliphatic carbocycles. The van der Waals surface area contributed by atoms with Crippen molar-refractivity contribution >= 4 is 27.3 Å². The van der Waals surface area contributed by atoms with Crippen LogP contribution in [0.25, 0.3) is 0 Å². The van der Waals surface area contributed by atoms with Crippen LogP contribution in [0.2, 0.25) is 0 Å². The fourth-order valence-electron chi connectivity index (χ4n) is 1.10. The van der Waals surface area contributed by atoms with Crippen LogP contribution in [0.3, 0.4) is 0 Å². The van der Waals surface area contributed by atoms with E-state index in [2.05, 4.69) is 21.2 Å². The van der Waals surface area contributed by atoms with Gasteiger partial charge in [-0.05, 0) is 35.8 Å². The predicted molar refractivity (Wildman–Crippen MR) is 59.6 cm³/mol. The largest absolute Gasteiger partial charge is 0.376 e. The van der Waals surface area contributed by atoms with Crippen LogP contribution in [0.15, 0.2) is 22.7 Å². The van der Waals surface area contributed by atoms with Crippen molar-refractivity contribution in [3.63, 3.8) is 0 Å². The number of nitrogens with zero attached hydrogens (tertiary/aromatic N) is 1. The number of benzene rings is 1. The minimum atomic E-state index is -0.393.